The number of nitrogens with two attached hydrogens (primary N) is 1. The molecule has 0 fully saturated rings. The first-order valence-electron chi connectivity index (χ1n) is 4.28. The minimum atomic E-state index is -1.05. The van der Waals surface area contributed by atoms with Gasteiger partial charge in [0.15, 0.2) is 5.78 Å². The van der Waals surface area contributed by atoms with Crippen LogP contribution >= 0.6 is 0 Å². The van der Waals surface area contributed by atoms with E-state index in [1.807, 2.05) is 0 Å². The quantitative estimate of drug-likeness (QED) is 0.651. The summed E-state index contributed by atoms with van der Waals surface area (Å²) < 4.78 is 0. The average Bonchev–Trinajstić information content (AvgIpc) is 2.46. The summed E-state index contributed by atoms with van der Waals surface area (Å²) in [5.41, 5.74) is 7.13. The number of nitrogen functional groups attached to an aromatic ring is 1. The van der Waals surface area contributed by atoms with E-state index in [9.17, 15) is 9.59 Å². The molecule has 3 N–H and O–H groups in total. The highest BCUT2D eigenvalue weighted by Gasteiger charge is 2.22. The maximum atomic E-state index is 11.3. The largest absolute Gasteiger partial charge is 0.478 e. The van der Waals surface area contributed by atoms with Crippen LogP contribution in [0.1, 0.15) is 32.7 Å². The number of carboxylic acid groups (broad SMARTS) is 1. The zero-order chi connectivity index (χ0) is 10.3. The second-order valence-electron chi connectivity index (χ2n) is 3.32. The van der Waals surface area contributed by atoms with Gasteiger partial charge in [-0.1, -0.05) is 0 Å². The highest BCUT2D eigenvalue weighted by molar-refractivity contribution is 6.04. The molecule has 0 aromatic heterocycles. The normalized spacial score (nSPS) is 14.1. The number of aryl methyl sites for hydroxylation is 1. The lowest BCUT2D eigenvalue weighted by atomic mass is 10.0. The molecular weight excluding hydrogens is 182 g/mol. The van der Waals surface area contributed by atoms with E-state index in [0.717, 1.165) is 5.56 Å². The lowest BCUT2D eigenvalue weighted by Crippen LogP contribution is -2.04. The number of hydrogen-bond donors (Lipinski definition) is 2. The molecule has 0 bridgehead atoms. The number of carbonyl (C=O) groups is 2. The molecule has 0 radical (unpaired) electrons. The van der Waals surface area contributed by atoms with Crippen LogP contribution in [0.5, 0.6) is 0 Å². The van der Waals surface area contributed by atoms with Gasteiger partial charge in [0.1, 0.15) is 0 Å². The third-order valence-electron chi connectivity index (χ3n) is 2.43. The zero-order valence-corrected chi connectivity index (χ0v) is 7.41. The number of rotatable bonds is 1. The molecule has 14 heavy (non-hydrogen) atoms. The first-order chi connectivity index (χ1) is 6.59. The lowest BCUT2D eigenvalue weighted by Gasteiger charge is -2.03. The van der Waals surface area contributed by atoms with Gasteiger partial charge in [-0.05, 0) is 24.1 Å². The van der Waals surface area contributed by atoms with E-state index in [0.29, 0.717) is 18.4 Å². The van der Waals surface area contributed by atoms with Crippen LogP contribution in [0.2, 0.25) is 0 Å². The molecule has 2 rings (SSSR count). The Morgan fingerprint density at radius 1 is 1.36 bits per heavy atom. The van der Waals surface area contributed by atoms with Gasteiger partial charge < -0.3 is 10.8 Å². The van der Waals surface area contributed by atoms with Crippen LogP contribution in [0, 0.1) is 0 Å². The van der Waals surface area contributed by atoms with Crippen LogP contribution < -0.4 is 5.73 Å². The SMILES string of the molecule is Nc1cc2c(cc1C(=O)O)CCC2=O. The summed E-state index contributed by atoms with van der Waals surface area (Å²) in [5, 5.41) is 8.80. The number of aromatic carboxylic acids is 1. The van der Waals surface area contributed by atoms with E-state index < -0.39 is 5.97 Å². The standard InChI is InChI=1S/C10H9NO3/c11-8-4-6-5(1-2-9(6)12)3-7(8)10(13)14/h3-4H,1-2,11H2,(H,13,14). The van der Waals surface area contributed by atoms with Gasteiger partial charge in [-0.15, -0.1) is 0 Å². The number of ketones is 1. The molecule has 0 atom stereocenters. The summed E-state index contributed by atoms with van der Waals surface area (Å²) in [6.07, 6.45) is 1.08. The van der Waals surface area contributed by atoms with Gasteiger partial charge in [-0.2, -0.15) is 0 Å². The Labute approximate surface area is 80.3 Å². The summed E-state index contributed by atoms with van der Waals surface area (Å²) in [6, 6.07) is 2.96. The molecule has 4 heteroatoms. The van der Waals surface area contributed by atoms with Crippen LogP contribution in [0.15, 0.2) is 12.1 Å². The van der Waals surface area contributed by atoms with Gasteiger partial charge in [0.2, 0.25) is 0 Å². The second-order valence-corrected chi connectivity index (χ2v) is 3.32. The van der Waals surface area contributed by atoms with Crippen LogP contribution in [0.4, 0.5) is 5.69 Å². The molecule has 0 heterocycles. The predicted octanol–water partition coefficient (Wildman–Crippen LogP) is 1.10. The Morgan fingerprint density at radius 2 is 2.07 bits per heavy atom. The van der Waals surface area contributed by atoms with Crippen molar-refractivity contribution in [2.75, 3.05) is 5.73 Å². The summed E-state index contributed by atoms with van der Waals surface area (Å²) in [6.45, 7) is 0. The first kappa shape index (κ1) is 8.74. The monoisotopic (exact) mass is 191 g/mol. The lowest BCUT2D eigenvalue weighted by molar-refractivity contribution is 0.0697. The highest BCUT2D eigenvalue weighted by Crippen LogP contribution is 2.26. The van der Waals surface area contributed by atoms with Crippen LogP contribution in [-0.4, -0.2) is 16.9 Å². The van der Waals surface area contributed by atoms with Crippen molar-refractivity contribution in [2.45, 2.75) is 12.8 Å². The topological polar surface area (TPSA) is 80.4 Å². The van der Waals surface area contributed by atoms with Gasteiger partial charge in [0.25, 0.3) is 0 Å². The van der Waals surface area contributed by atoms with Gasteiger partial charge in [0, 0.05) is 17.7 Å². The summed E-state index contributed by atoms with van der Waals surface area (Å²) in [7, 11) is 0. The Kier molecular flexibility index (Phi) is 1.77. The van der Waals surface area contributed by atoms with Crippen LogP contribution in [0.3, 0.4) is 0 Å². The molecule has 0 unspecified atom stereocenters. The fourth-order valence-corrected chi connectivity index (χ4v) is 1.70. The molecule has 1 aromatic carbocycles. The third-order valence-corrected chi connectivity index (χ3v) is 2.43. The second kappa shape index (κ2) is 2.83. The molecule has 0 saturated heterocycles. The molecule has 1 aromatic rings. The van der Waals surface area contributed by atoms with Crippen LogP contribution in [-0.2, 0) is 6.42 Å². The van der Waals surface area contributed by atoms with E-state index >= 15 is 0 Å². The summed E-state index contributed by atoms with van der Waals surface area (Å²) in [5.74, 6) is -1.01. The number of fused-ring (bicyclic) bond motifs is 1. The Morgan fingerprint density at radius 3 is 2.71 bits per heavy atom. The summed E-state index contributed by atoms with van der Waals surface area (Å²) in [4.78, 5) is 22.0. The van der Waals surface area contributed by atoms with E-state index in [4.69, 9.17) is 10.8 Å². The van der Waals surface area contributed by atoms with Gasteiger partial charge in [-0.3, -0.25) is 4.79 Å². The Hall–Kier alpha value is -1.84. The van der Waals surface area contributed by atoms with Gasteiger partial charge in [0.05, 0.1) is 5.56 Å². The van der Waals surface area contributed by atoms with Crippen molar-refractivity contribution in [2.24, 2.45) is 0 Å². The van der Waals surface area contributed by atoms with Crippen molar-refractivity contribution in [1.29, 1.82) is 0 Å². The number of carbonyl (C=O) groups excluding carboxylic acids is 1. The van der Waals surface area contributed by atoms with E-state index in [1.54, 1.807) is 0 Å². The number of benzene rings is 1. The van der Waals surface area contributed by atoms with Crippen molar-refractivity contribution in [3.8, 4) is 0 Å². The molecular formula is C10H9NO3. The Balaban J connectivity index is 2.61. The van der Waals surface area contributed by atoms with Crippen molar-refractivity contribution in [1.82, 2.24) is 0 Å². The average molecular weight is 191 g/mol. The fraction of sp³-hybridized carbons (Fsp3) is 0.200. The van der Waals surface area contributed by atoms with Crippen molar-refractivity contribution in [3.63, 3.8) is 0 Å². The third kappa shape index (κ3) is 1.16. The van der Waals surface area contributed by atoms with Crippen molar-refractivity contribution >= 4 is 17.4 Å². The Bertz CT molecular complexity index is 437. The summed E-state index contributed by atoms with van der Waals surface area (Å²) >= 11 is 0. The molecule has 0 saturated carbocycles. The maximum Gasteiger partial charge on any atom is 0.337 e. The van der Waals surface area contributed by atoms with E-state index in [-0.39, 0.29) is 17.0 Å². The molecule has 72 valence electrons. The first-order valence-corrected chi connectivity index (χ1v) is 4.28. The maximum absolute atomic E-state index is 11.3. The van der Waals surface area contributed by atoms with E-state index in [1.165, 1.54) is 12.1 Å². The smallest absolute Gasteiger partial charge is 0.337 e. The molecule has 0 aliphatic heterocycles. The van der Waals surface area contributed by atoms with Gasteiger partial charge >= 0.3 is 5.97 Å². The fourth-order valence-electron chi connectivity index (χ4n) is 1.70. The van der Waals surface area contributed by atoms with E-state index in [2.05, 4.69) is 0 Å². The predicted molar refractivity (Wildman–Crippen MR) is 50.5 cm³/mol. The molecule has 0 spiro atoms. The number of Topliss-reactive ketones (excluding diaryl/α,β-unsaturated/α-hetero) is 1. The minimum absolute atomic E-state index is 0.0450. The number of hydrogen-bond acceptors (Lipinski definition) is 3. The van der Waals surface area contributed by atoms with Crippen LogP contribution in [0.25, 0.3) is 0 Å². The molecule has 4 nitrogen and oxygen atoms in total. The minimum Gasteiger partial charge on any atom is -0.478 e. The van der Waals surface area contributed by atoms with Gasteiger partial charge in [-0.25, -0.2) is 4.79 Å². The molecule has 0 amide bonds. The highest BCUT2D eigenvalue weighted by atomic mass is 16.4. The zero-order valence-electron chi connectivity index (χ0n) is 7.41. The number of anilines is 1. The van der Waals surface area contributed by atoms with Crippen molar-refractivity contribution < 1.29 is 14.7 Å². The molecule has 1 aliphatic carbocycles. The number of carboxylic acids is 1. The molecule has 1 aliphatic rings. The van der Waals surface area contributed by atoms with Crippen molar-refractivity contribution in [3.05, 3.63) is 28.8 Å².